The van der Waals surface area contributed by atoms with Crippen LogP contribution in [0.2, 0.25) is 0 Å². The van der Waals surface area contributed by atoms with Crippen LogP contribution in [0, 0.1) is 5.92 Å². The molecule has 6 amide bonds. The zero-order valence-electron chi connectivity index (χ0n) is 30.0. The normalized spacial score (nSPS) is 12.0. The number of anilines is 1. The highest BCUT2D eigenvalue weighted by Gasteiger charge is 2.28. The number of primary amides is 1. The molecule has 0 spiro atoms. The fourth-order valence-corrected chi connectivity index (χ4v) is 4.35. The zero-order valence-corrected chi connectivity index (χ0v) is 30.0. The average molecular weight is 726 g/mol. The topological polar surface area (TPSA) is 261 Å². The molecule has 2 atom stereocenters. The lowest BCUT2D eigenvalue weighted by Crippen LogP contribution is -2.54. The van der Waals surface area contributed by atoms with Gasteiger partial charge < -0.3 is 61.7 Å². The number of hydrogen-bond donors (Lipinski definition) is 7. The predicted molar refractivity (Wildman–Crippen MR) is 187 cm³/mol. The van der Waals surface area contributed by atoms with Gasteiger partial charge in [-0.25, -0.2) is 9.59 Å². The van der Waals surface area contributed by atoms with Crippen molar-refractivity contribution >= 4 is 41.3 Å². The lowest BCUT2D eigenvalue weighted by atomic mass is 10.0. The Morgan fingerprint density at radius 2 is 1.43 bits per heavy atom. The molecule has 0 aromatic heterocycles. The third kappa shape index (κ3) is 20.1. The first kappa shape index (κ1) is 44.5. The molecular formula is C33H55N7O11. The molecule has 18 nitrogen and oxygen atoms in total. The van der Waals surface area contributed by atoms with Crippen molar-refractivity contribution in [3.63, 3.8) is 0 Å². The molecule has 0 aliphatic carbocycles. The van der Waals surface area contributed by atoms with Crippen LogP contribution in [0.25, 0.3) is 0 Å². The largest absolute Gasteiger partial charge is 0.483 e. The molecule has 0 bridgehead atoms. The van der Waals surface area contributed by atoms with E-state index in [2.05, 4.69) is 26.6 Å². The zero-order chi connectivity index (χ0) is 38.0. The molecule has 0 aliphatic heterocycles. The molecule has 9 N–H and O–H groups in total. The summed E-state index contributed by atoms with van der Waals surface area (Å²) in [6.07, 6.45) is 1.74. The van der Waals surface area contributed by atoms with E-state index in [1.54, 1.807) is 13.8 Å². The van der Waals surface area contributed by atoms with Crippen molar-refractivity contribution < 1.29 is 52.5 Å². The van der Waals surface area contributed by atoms with Crippen LogP contribution < -0.4 is 42.8 Å². The molecule has 0 radical (unpaired) electrons. The van der Waals surface area contributed by atoms with E-state index in [9.17, 15) is 28.8 Å². The summed E-state index contributed by atoms with van der Waals surface area (Å²) in [7, 11) is 1.19. The lowest BCUT2D eigenvalue weighted by molar-refractivity contribution is -0.131. The Balaban J connectivity index is 2.77. The lowest BCUT2D eigenvalue weighted by Gasteiger charge is -2.25. The van der Waals surface area contributed by atoms with Crippen molar-refractivity contribution in [3.8, 4) is 5.75 Å². The number of nitrogens with one attached hydrogen (secondary N) is 5. The van der Waals surface area contributed by atoms with Crippen molar-refractivity contribution in [1.82, 2.24) is 21.3 Å². The van der Waals surface area contributed by atoms with E-state index in [-0.39, 0.29) is 42.3 Å². The molecule has 1 rings (SSSR count). The molecule has 288 valence electrons. The Morgan fingerprint density at radius 1 is 0.804 bits per heavy atom. The van der Waals surface area contributed by atoms with Gasteiger partial charge in [0.1, 0.15) is 23.4 Å². The molecule has 0 heterocycles. The fourth-order valence-electron chi connectivity index (χ4n) is 4.35. The van der Waals surface area contributed by atoms with E-state index >= 15 is 0 Å². The van der Waals surface area contributed by atoms with E-state index in [1.165, 1.54) is 32.2 Å². The van der Waals surface area contributed by atoms with Gasteiger partial charge in [0.15, 0.2) is 6.61 Å². The SMILES string of the molecule is COC(=O)c1ccc(NC(=O)[C@H](CCCNC(N)=O)NC(=O)[C@@H](NC(C)=O)C(C)C)cc1OCC(=O)NCCCOCCOCCOCCCN. The van der Waals surface area contributed by atoms with Crippen LogP contribution in [-0.4, -0.2) is 121 Å². The number of nitrogens with two attached hydrogens (primary N) is 2. The van der Waals surface area contributed by atoms with Gasteiger partial charge in [-0.15, -0.1) is 0 Å². The number of ether oxygens (including phenoxy) is 5. The van der Waals surface area contributed by atoms with Crippen molar-refractivity contribution in [3.05, 3.63) is 23.8 Å². The number of amides is 6. The molecule has 51 heavy (non-hydrogen) atoms. The fraction of sp³-hybridized carbons (Fsp3) is 0.636. The highest BCUT2D eigenvalue weighted by Crippen LogP contribution is 2.25. The van der Waals surface area contributed by atoms with Gasteiger partial charge in [0.2, 0.25) is 17.7 Å². The van der Waals surface area contributed by atoms with Crippen molar-refractivity contribution in [1.29, 1.82) is 0 Å². The summed E-state index contributed by atoms with van der Waals surface area (Å²) >= 11 is 0. The molecule has 1 aromatic carbocycles. The highest BCUT2D eigenvalue weighted by atomic mass is 16.5. The predicted octanol–water partition coefficient (Wildman–Crippen LogP) is -0.211. The van der Waals surface area contributed by atoms with Gasteiger partial charge >= 0.3 is 12.0 Å². The third-order valence-electron chi connectivity index (χ3n) is 6.95. The first-order valence-corrected chi connectivity index (χ1v) is 16.9. The summed E-state index contributed by atoms with van der Waals surface area (Å²) in [5.41, 5.74) is 10.7. The molecule has 18 heteroatoms. The van der Waals surface area contributed by atoms with Crippen molar-refractivity contribution in [2.75, 3.05) is 78.3 Å². The van der Waals surface area contributed by atoms with Gasteiger partial charge in [-0.1, -0.05) is 13.8 Å². The van der Waals surface area contributed by atoms with Gasteiger partial charge in [-0.3, -0.25) is 19.2 Å². The average Bonchev–Trinajstić information content (AvgIpc) is 3.08. The molecule has 0 saturated heterocycles. The summed E-state index contributed by atoms with van der Waals surface area (Å²) < 4.78 is 26.7. The standard InChI is InChI=1S/C33H55N7O11/c1-22(2)29(38-23(3)41)31(44)40-26(8-5-12-37-33(35)46)30(43)39-24-9-10-25(32(45)47-4)27(20-24)51-21-28(42)36-13-7-15-49-17-19-50-18-16-48-14-6-11-34/h9-10,20,22,26,29H,5-8,11-19,21,34H2,1-4H3,(H,36,42)(H,38,41)(H,39,43)(H,40,44)(H3,35,37,46)/t26-,29-/m0/s1. The minimum atomic E-state index is -1.08. The summed E-state index contributed by atoms with van der Waals surface area (Å²) in [6, 6.07) is 1.42. The number of urea groups is 1. The monoisotopic (exact) mass is 725 g/mol. The van der Waals surface area contributed by atoms with Crippen LogP contribution in [-0.2, 0) is 38.1 Å². The number of carbonyl (C=O) groups is 6. The Labute approximate surface area is 298 Å². The summed E-state index contributed by atoms with van der Waals surface area (Å²) in [4.78, 5) is 74.1. The minimum absolute atomic E-state index is 0.0125. The maximum atomic E-state index is 13.4. The van der Waals surface area contributed by atoms with Crippen LogP contribution in [0.3, 0.4) is 0 Å². The van der Waals surface area contributed by atoms with Gasteiger partial charge in [0, 0.05) is 45.0 Å². The van der Waals surface area contributed by atoms with Crippen LogP contribution in [0.1, 0.15) is 56.8 Å². The van der Waals surface area contributed by atoms with Gasteiger partial charge in [-0.05, 0) is 50.3 Å². The summed E-state index contributed by atoms with van der Waals surface area (Å²) in [6.45, 7) is 8.18. The Kier molecular flexibility index (Phi) is 23.0. The smallest absolute Gasteiger partial charge is 0.341 e. The quantitative estimate of drug-likeness (QED) is 0.0459. The number of esters is 1. The summed E-state index contributed by atoms with van der Waals surface area (Å²) in [5, 5.41) is 13.1. The number of rotatable bonds is 27. The van der Waals surface area contributed by atoms with Crippen LogP contribution in [0.5, 0.6) is 5.75 Å². The second-order valence-electron chi connectivity index (χ2n) is 11.6. The molecule has 0 unspecified atom stereocenters. The maximum absolute atomic E-state index is 13.4. The van der Waals surface area contributed by atoms with Crippen LogP contribution in [0.4, 0.5) is 10.5 Å². The van der Waals surface area contributed by atoms with Gasteiger partial charge in [0.25, 0.3) is 5.91 Å². The Morgan fingerprint density at radius 3 is 2.02 bits per heavy atom. The van der Waals surface area contributed by atoms with E-state index in [0.29, 0.717) is 59.2 Å². The van der Waals surface area contributed by atoms with E-state index in [1.807, 2.05) is 0 Å². The van der Waals surface area contributed by atoms with Crippen LogP contribution >= 0.6 is 0 Å². The maximum Gasteiger partial charge on any atom is 0.341 e. The molecule has 1 aromatic rings. The molecule has 0 saturated carbocycles. The van der Waals surface area contributed by atoms with E-state index in [0.717, 1.165) is 6.42 Å². The number of methoxy groups -OCH3 is 1. The minimum Gasteiger partial charge on any atom is -0.483 e. The van der Waals surface area contributed by atoms with Crippen molar-refractivity contribution in [2.24, 2.45) is 17.4 Å². The van der Waals surface area contributed by atoms with E-state index in [4.69, 9.17) is 35.2 Å². The molecule has 0 aliphatic rings. The second-order valence-corrected chi connectivity index (χ2v) is 11.6. The molecule has 0 fully saturated rings. The first-order valence-electron chi connectivity index (χ1n) is 16.9. The van der Waals surface area contributed by atoms with Gasteiger partial charge in [0.05, 0.1) is 33.5 Å². The van der Waals surface area contributed by atoms with Gasteiger partial charge in [-0.2, -0.15) is 0 Å². The summed E-state index contributed by atoms with van der Waals surface area (Å²) in [5.74, 6) is -3.10. The Hall–Kier alpha value is -4.52. The van der Waals surface area contributed by atoms with Crippen molar-refractivity contribution in [2.45, 2.75) is 58.5 Å². The van der Waals surface area contributed by atoms with E-state index < -0.39 is 54.3 Å². The molecular weight excluding hydrogens is 670 g/mol. The Bertz CT molecular complexity index is 1250. The first-order chi connectivity index (χ1) is 24.4. The number of carbonyl (C=O) groups excluding carboxylic acids is 6. The number of benzene rings is 1. The highest BCUT2D eigenvalue weighted by molar-refractivity contribution is 5.99. The van der Waals surface area contributed by atoms with Crippen LogP contribution in [0.15, 0.2) is 18.2 Å². The second kappa shape index (κ2) is 26.3. The third-order valence-corrected chi connectivity index (χ3v) is 6.95. The number of hydrogen-bond acceptors (Lipinski definition) is 12.